The van der Waals surface area contributed by atoms with Crippen LogP contribution in [0.4, 0.5) is 5.95 Å². The lowest BCUT2D eigenvalue weighted by molar-refractivity contribution is 0.102. The highest BCUT2D eigenvalue weighted by molar-refractivity contribution is 6.03. The van der Waals surface area contributed by atoms with Gasteiger partial charge in [-0.1, -0.05) is 12.1 Å². The molecule has 2 N–H and O–H groups in total. The molecule has 0 atom stereocenters. The van der Waals surface area contributed by atoms with Gasteiger partial charge in [0.2, 0.25) is 5.95 Å². The van der Waals surface area contributed by atoms with E-state index in [0.717, 1.165) is 5.56 Å². The van der Waals surface area contributed by atoms with Crippen LogP contribution in [-0.2, 0) is 6.61 Å². The predicted molar refractivity (Wildman–Crippen MR) is 91.0 cm³/mol. The third kappa shape index (κ3) is 4.20. The van der Waals surface area contributed by atoms with E-state index in [9.17, 15) is 4.79 Å². The summed E-state index contributed by atoms with van der Waals surface area (Å²) in [6.07, 6.45) is 0. The predicted octanol–water partition coefficient (Wildman–Crippen LogP) is 2.82. The Morgan fingerprint density at radius 1 is 1.28 bits per heavy atom. The van der Waals surface area contributed by atoms with E-state index in [1.807, 2.05) is 6.07 Å². The molecule has 1 heterocycles. The normalized spacial score (nSPS) is 10.1. The third-order valence-corrected chi connectivity index (χ3v) is 3.40. The first-order chi connectivity index (χ1) is 12.1. The monoisotopic (exact) mass is 333 g/mol. The second-order valence-electron chi connectivity index (χ2n) is 5.32. The fourth-order valence-corrected chi connectivity index (χ4v) is 2.17. The second-order valence-corrected chi connectivity index (χ2v) is 5.32. The smallest absolute Gasteiger partial charge is 0.258 e. The van der Waals surface area contributed by atoms with Gasteiger partial charge in [-0.3, -0.25) is 15.2 Å². The lowest BCUT2D eigenvalue weighted by Gasteiger charge is -2.08. The first-order valence-electron chi connectivity index (χ1n) is 7.56. The molecule has 0 fully saturated rings. The SMILES string of the molecule is Cc1nc(NC(=O)c2cccc(COc3ccc(C#N)cc3)c2)n[nH]1. The molecule has 3 aromatic rings. The molecule has 1 aromatic heterocycles. The van der Waals surface area contributed by atoms with Crippen LogP contribution in [0.5, 0.6) is 5.75 Å². The molecule has 1 amide bonds. The number of nitrogens with one attached hydrogen (secondary N) is 2. The van der Waals surface area contributed by atoms with Crippen molar-refractivity contribution in [2.24, 2.45) is 0 Å². The molecule has 7 heteroatoms. The molecule has 0 aliphatic heterocycles. The van der Waals surface area contributed by atoms with E-state index in [4.69, 9.17) is 10.00 Å². The lowest BCUT2D eigenvalue weighted by atomic mass is 10.1. The Hall–Kier alpha value is -3.66. The molecule has 7 nitrogen and oxygen atoms in total. The number of H-pyrrole nitrogens is 1. The maximum atomic E-state index is 12.2. The molecule has 0 radical (unpaired) electrons. The van der Waals surface area contributed by atoms with Gasteiger partial charge in [0.05, 0.1) is 11.6 Å². The van der Waals surface area contributed by atoms with Crippen molar-refractivity contribution in [3.05, 3.63) is 71.0 Å². The van der Waals surface area contributed by atoms with Gasteiger partial charge in [-0.2, -0.15) is 10.2 Å². The number of aromatic amines is 1. The molecule has 3 rings (SSSR count). The summed E-state index contributed by atoms with van der Waals surface area (Å²) in [5, 5.41) is 18.0. The van der Waals surface area contributed by atoms with Gasteiger partial charge in [0.1, 0.15) is 18.2 Å². The summed E-state index contributed by atoms with van der Waals surface area (Å²) in [5.74, 6) is 1.23. The molecule has 25 heavy (non-hydrogen) atoms. The van der Waals surface area contributed by atoms with Crippen LogP contribution in [-0.4, -0.2) is 21.1 Å². The van der Waals surface area contributed by atoms with Crippen LogP contribution in [0.25, 0.3) is 0 Å². The van der Waals surface area contributed by atoms with E-state index >= 15 is 0 Å². The third-order valence-electron chi connectivity index (χ3n) is 3.40. The van der Waals surface area contributed by atoms with E-state index in [-0.39, 0.29) is 11.9 Å². The first-order valence-corrected chi connectivity index (χ1v) is 7.56. The number of nitriles is 1. The highest BCUT2D eigenvalue weighted by Gasteiger charge is 2.09. The van der Waals surface area contributed by atoms with Crippen molar-refractivity contribution >= 4 is 11.9 Å². The van der Waals surface area contributed by atoms with Gasteiger partial charge in [0, 0.05) is 5.56 Å². The summed E-state index contributed by atoms with van der Waals surface area (Å²) < 4.78 is 5.68. The molecule has 0 aliphatic rings. The Morgan fingerprint density at radius 2 is 2.08 bits per heavy atom. The minimum atomic E-state index is -0.292. The minimum absolute atomic E-state index is 0.238. The number of benzene rings is 2. The summed E-state index contributed by atoms with van der Waals surface area (Å²) in [6, 6.07) is 16.0. The van der Waals surface area contributed by atoms with Crippen molar-refractivity contribution in [2.75, 3.05) is 5.32 Å². The van der Waals surface area contributed by atoms with Crippen LogP contribution in [0.2, 0.25) is 0 Å². The van der Waals surface area contributed by atoms with Crippen molar-refractivity contribution in [3.63, 3.8) is 0 Å². The van der Waals surface area contributed by atoms with E-state index in [1.165, 1.54) is 0 Å². The van der Waals surface area contributed by atoms with Crippen LogP contribution in [0.3, 0.4) is 0 Å². The van der Waals surface area contributed by atoms with Crippen molar-refractivity contribution in [1.29, 1.82) is 5.26 Å². The van der Waals surface area contributed by atoms with E-state index in [0.29, 0.717) is 29.3 Å². The largest absolute Gasteiger partial charge is 0.489 e. The molecule has 0 bridgehead atoms. The van der Waals surface area contributed by atoms with Gasteiger partial charge in [-0.25, -0.2) is 0 Å². The lowest BCUT2D eigenvalue weighted by Crippen LogP contribution is -2.13. The molecular weight excluding hydrogens is 318 g/mol. The molecule has 0 unspecified atom stereocenters. The number of aromatic nitrogens is 3. The molecule has 0 saturated carbocycles. The quantitative estimate of drug-likeness (QED) is 0.747. The zero-order chi connectivity index (χ0) is 17.6. The minimum Gasteiger partial charge on any atom is -0.489 e. The van der Waals surface area contributed by atoms with Gasteiger partial charge in [0.25, 0.3) is 5.91 Å². The van der Waals surface area contributed by atoms with Crippen LogP contribution in [0.15, 0.2) is 48.5 Å². The summed E-state index contributed by atoms with van der Waals surface area (Å²) in [6.45, 7) is 2.07. The van der Waals surface area contributed by atoms with Crippen LogP contribution < -0.4 is 10.1 Å². The molecule has 0 aliphatic carbocycles. The van der Waals surface area contributed by atoms with Crippen molar-refractivity contribution < 1.29 is 9.53 Å². The number of carbonyl (C=O) groups excluding carboxylic acids is 1. The highest BCUT2D eigenvalue weighted by Crippen LogP contribution is 2.15. The Balaban J connectivity index is 1.64. The zero-order valence-corrected chi connectivity index (χ0v) is 13.5. The van der Waals surface area contributed by atoms with Crippen molar-refractivity contribution in [3.8, 4) is 11.8 Å². The fraction of sp³-hybridized carbons (Fsp3) is 0.111. The number of ether oxygens (including phenoxy) is 1. The van der Waals surface area contributed by atoms with Gasteiger partial charge < -0.3 is 4.74 Å². The number of hydrogen-bond donors (Lipinski definition) is 2. The topological polar surface area (TPSA) is 104 Å². The Labute approximate surface area is 144 Å². The number of anilines is 1. The van der Waals surface area contributed by atoms with Crippen LogP contribution >= 0.6 is 0 Å². The van der Waals surface area contributed by atoms with E-state index < -0.39 is 0 Å². The summed E-state index contributed by atoms with van der Waals surface area (Å²) in [5.41, 5.74) is 1.92. The fourth-order valence-electron chi connectivity index (χ4n) is 2.17. The average molecular weight is 333 g/mol. The number of aryl methyl sites for hydroxylation is 1. The van der Waals surface area contributed by atoms with Gasteiger partial charge in [0.15, 0.2) is 0 Å². The second kappa shape index (κ2) is 7.27. The standard InChI is InChI=1S/C18H15N5O2/c1-12-20-18(23-22-12)21-17(24)15-4-2-3-14(9-15)11-25-16-7-5-13(10-19)6-8-16/h2-9H,11H2,1H3,(H2,20,21,22,23,24). The molecule has 124 valence electrons. The van der Waals surface area contributed by atoms with Crippen molar-refractivity contribution in [1.82, 2.24) is 15.2 Å². The van der Waals surface area contributed by atoms with Crippen molar-refractivity contribution in [2.45, 2.75) is 13.5 Å². The summed E-state index contributed by atoms with van der Waals surface area (Å²) in [4.78, 5) is 16.3. The number of amides is 1. The average Bonchev–Trinajstić information content (AvgIpc) is 3.05. The summed E-state index contributed by atoms with van der Waals surface area (Å²) in [7, 11) is 0. The number of nitrogens with zero attached hydrogens (tertiary/aromatic N) is 3. The summed E-state index contributed by atoms with van der Waals surface area (Å²) >= 11 is 0. The maximum Gasteiger partial charge on any atom is 0.258 e. The molecule has 0 spiro atoms. The maximum absolute atomic E-state index is 12.2. The zero-order valence-electron chi connectivity index (χ0n) is 13.5. The van der Waals surface area contributed by atoms with Gasteiger partial charge in [-0.15, -0.1) is 5.10 Å². The number of hydrogen-bond acceptors (Lipinski definition) is 5. The Bertz CT molecular complexity index is 925. The Kier molecular flexibility index (Phi) is 4.72. The van der Waals surface area contributed by atoms with Crippen LogP contribution in [0, 0.1) is 18.3 Å². The van der Waals surface area contributed by atoms with E-state index in [2.05, 4.69) is 26.6 Å². The molecule has 2 aromatic carbocycles. The molecule has 0 saturated heterocycles. The van der Waals surface area contributed by atoms with Gasteiger partial charge in [-0.05, 0) is 48.9 Å². The Morgan fingerprint density at radius 3 is 2.76 bits per heavy atom. The highest BCUT2D eigenvalue weighted by atomic mass is 16.5. The first kappa shape index (κ1) is 16.2. The van der Waals surface area contributed by atoms with Gasteiger partial charge >= 0.3 is 0 Å². The molecular formula is C18H15N5O2. The number of carbonyl (C=O) groups is 1. The van der Waals surface area contributed by atoms with Crippen LogP contribution in [0.1, 0.15) is 27.3 Å². The van der Waals surface area contributed by atoms with E-state index in [1.54, 1.807) is 49.4 Å². The number of rotatable bonds is 5.